The summed E-state index contributed by atoms with van der Waals surface area (Å²) in [5, 5.41) is -0.120. The van der Waals surface area contributed by atoms with Crippen LogP contribution in [-0.2, 0) is 10.0 Å². The number of nitrogens with zero attached hydrogens (tertiary/aromatic N) is 1. The Bertz CT molecular complexity index is 208. The quantitative estimate of drug-likeness (QED) is 0.574. The third kappa shape index (κ3) is 1.31. The van der Waals surface area contributed by atoms with Crippen molar-refractivity contribution < 1.29 is 8.42 Å². The summed E-state index contributed by atoms with van der Waals surface area (Å²) in [6, 6.07) is 0. The first-order valence-electron chi connectivity index (χ1n) is 3.24. The first kappa shape index (κ1) is 7.97. The van der Waals surface area contributed by atoms with E-state index in [1.165, 1.54) is 11.5 Å². The van der Waals surface area contributed by atoms with E-state index in [1.54, 1.807) is 7.05 Å². The van der Waals surface area contributed by atoms with E-state index in [0.717, 1.165) is 12.8 Å². The number of rotatable bonds is 3. The second-order valence-electron chi connectivity index (χ2n) is 2.44. The van der Waals surface area contributed by atoms with Crippen LogP contribution >= 0.6 is 0 Å². The highest BCUT2D eigenvalue weighted by atomic mass is 32.2. The molecule has 0 aromatic heterocycles. The van der Waals surface area contributed by atoms with Crippen LogP contribution in [0.15, 0.2) is 0 Å². The van der Waals surface area contributed by atoms with E-state index in [1.807, 2.05) is 0 Å². The molecule has 1 fully saturated rings. The lowest BCUT2D eigenvalue weighted by Crippen LogP contribution is -2.38. The Hall–Kier alpha value is -0.130. The Balaban J connectivity index is 2.67. The predicted octanol–water partition coefficient (Wildman–Crippen LogP) is -0.455. The van der Waals surface area contributed by atoms with Gasteiger partial charge >= 0.3 is 0 Å². The molecule has 10 heavy (non-hydrogen) atoms. The molecule has 0 unspecified atom stereocenters. The molecule has 1 aliphatic rings. The topological polar surface area (TPSA) is 49.4 Å². The molecule has 0 aromatic rings. The van der Waals surface area contributed by atoms with Gasteiger partial charge in [-0.25, -0.2) is 13.8 Å². The zero-order valence-corrected chi connectivity index (χ0v) is 6.98. The van der Waals surface area contributed by atoms with Crippen molar-refractivity contribution in [2.45, 2.75) is 18.1 Å². The first-order valence-corrected chi connectivity index (χ1v) is 4.74. The number of hydrogen-bond acceptors (Lipinski definition) is 3. The van der Waals surface area contributed by atoms with Gasteiger partial charge in [0.05, 0.1) is 5.25 Å². The van der Waals surface area contributed by atoms with E-state index in [2.05, 4.69) is 5.43 Å². The van der Waals surface area contributed by atoms with Crippen LogP contribution in [0, 0.1) is 0 Å². The highest BCUT2D eigenvalue weighted by Crippen LogP contribution is 2.29. The van der Waals surface area contributed by atoms with Crippen molar-refractivity contribution in [2.24, 2.45) is 0 Å². The maximum absolute atomic E-state index is 11.2. The van der Waals surface area contributed by atoms with Gasteiger partial charge in [-0.1, -0.05) is 0 Å². The maximum Gasteiger partial charge on any atom is 0.229 e. The van der Waals surface area contributed by atoms with Gasteiger partial charge in [-0.15, -0.1) is 4.41 Å². The largest absolute Gasteiger partial charge is 0.245 e. The molecule has 0 heterocycles. The third-order valence-electron chi connectivity index (χ3n) is 1.64. The summed E-state index contributed by atoms with van der Waals surface area (Å²) in [5.41, 5.74) is 2.57. The van der Waals surface area contributed by atoms with E-state index >= 15 is 0 Å². The normalized spacial score (nSPS) is 19.9. The maximum atomic E-state index is 11.2. The minimum absolute atomic E-state index is 0.120. The van der Waals surface area contributed by atoms with E-state index in [4.69, 9.17) is 0 Å². The molecular formula is C5H12N2O2S. The van der Waals surface area contributed by atoms with E-state index in [0.29, 0.717) is 0 Å². The van der Waals surface area contributed by atoms with E-state index < -0.39 is 10.0 Å². The Morgan fingerprint density at radius 1 is 1.50 bits per heavy atom. The van der Waals surface area contributed by atoms with Crippen molar-refractivity contribution in [2.75, 3.05) is 14.1 Å². The van der Waals surface area contributed by atoms with Gasteiger partial charge in [0.1, 0.15) is 0 Å². The van der Waals surface area contributed by atoms with Crippen LogP contribution in [0.25, 0.3) is 0 Å². The molecule has 0 bridgehead atoms. The van der Waals surface area contributed by atoms with Crippen molar-refractivity contribution in [3.8, 4) is 0 Å². The molecule has 5 heteroatoms. The molecule has 0 atom stereocenters. The van der Waals surface area contributed by atoms with Gasteiger partial charge < -0.3 is 0 Å². The molecule has 1 N–H and O–H groups in total. The van der Waals surface area contributed by atoms with Crippen LogP contribution in [0.1, 0.15) is 12.8 Å². The Morgan fingerprint density at radius 2 is 2.00 bits per heavy atom. The molecule has 0 amide bonds. The Morgan fingerprint density at radius 3 is 2.30 bits per heavy atom. The summed E-state index contributed by atoms with van der Waals surface area (Å²) in [7, 11) is 0.125. The van der Waals surface area contributed by atoms with Crippen LogP contribution in [0.3, 0.4) is 0 Å². The van der Waals surface area contributed by atoms with Crippen molar-refractivity contribution in [3.63, 3.8) is 0 Å². The Kier molecular flexibility index (Phi) is 1.98. The second-order valence-corrected chi connectivity index (χ2v) is 4.68. The van der Waals surface area contributed by atoms with Crippen LogP contribution in [0.2, 0.25) is 0 Å². The summed E-state index contributed by atoms with van der Waals surface area (Å²) in [5.74, 6) is 0. The smallest absolute Gasteiger partial charge is 0.229 e. The number of nitrogens with one attached hydrogen (secondary N) is 1. The average molecular weight is 164 g/mol. The molecule has 4 nitrogen and oxygen atoms in total. The van der Waals surface area contributed by atoms with Gasteiger partial charge in [-0.05, 0) is 19.9 Å². The van der Waals surface area contributed by atoms with Crippen LogP contribution < -0.4 is 5.43 Å². The average Bonchev–Trinajstić information content (AvgIpc) is 2.66. The minimum Gasteiger partial charge on any atom is -0.245 e. The first-order chi connectivity index (χ1) is 4.59. The highest BCUT2D eigenvalue weighted by Gasteiger charge is 2.38. The molecule has 0 saturated heterocycles. The van der Waals surface area contributed by atoms with Crippen molar-refractivity contribution in [1.82, 2.24) is 9.84 Å². The monoisotopic (exact) mass is 164 g/mol. The van der Waals surface area contributed by atoms with E-state index in [-0.39, 0.29) is 5.25 Å². The molecule has 1 rings (SSSR count). The standard InChI is InChI=1S/C5H12N2O2S/c1-6-7(2)10(8,9)5-3-4-5/h5-6H,3-4H2,1-2H3. The SMILES string of the molecule is CNN(C)S(=O)(=O)C1CC1. The molecule has 0 aromatic carbocycles. The summed E-state index contributed by atoms with van der Waals surface area (Å²) in [4.78, 5) is 0. The van der Waals surface area contributed by atoms with Gasteiger partial charge in [-0.2, -0.15) is 0 Å². The van der Waals surface area contributed by atoms with Crippen molar-refractivity contribution in [1.29, 1.82) is 0 Å². The van der Waals surface area contributed by atoms with Crippen molar-refractivity contribution >= 4 is 10.0 Å². The highest BCUT2D eigenvalue weighted by molar-refractivity contribution is 7.89. The lowest BCUT2D eigenvalue weighted by molar-refractivity contribution is 0.402. The molecule has 0 radical (unpaired) electrons. The molecule has 1 saturated carbocycles. The molecule has 0 aliphatic heterocycles. The van der Waals surface area contributed by atoms with Gasteiger partial charge in [-0.3, -0.25) is 0 Å². The van der Waals surface area contributed by atoms with Gasteiger partial charge in [0.2, 0.25) is 10.0 Å². The summed E-state index contributed by atoms with van der Waals surface area (Å²) in [6.07, 6.45) is 1.63. The van der Waals surface area contributed by atoms with E-state index in [9.17, 15) is 8.42 Å². The zero-order valence-electron chi connectivity index (χ0n) is 6.16. The fourth-order valence-corrected chi connectivity index (χ4v) is 2.15. The lowest BCUT2D eigenvalue weighted by Gasteiger charge is -2.13. The summed E-state index contributed by atoms with van der Waals surface area (Å²) in [6.45, 7) is 0. The third-order valence-corrected chi connectivity index (χ3v) is 3.90. The lowest BCUT2D eigenvalue weighted by atomic mass is 11.0. The van der Waals surface area contributed by atoms with Gasteiger partial charge in [0.25, 0.3) is 0 Å². The number of hydrogen-bond donors (Lipinski definition) is 1. The molecule has 1 aliphatic carbocycles. The minimum atomic E-state index is -2.99. The van der Waals surface area contributed by atoms with Crippen LogP contribution in [0.5, 0.6) is 0 Å². The molecular weight excluding hydrogens is 152 g/mol. The fourth-order valence-electron chi connectivity index (χ4n) is 0.717. The molecule has 0 spiro atoms. The molecule has 60 valence electrons. The Labute approximate surface area is 61.2 Å². The number of sulfonamides is 1. The van der Waals surface area contributed by atoms with Crippen molar-refractivity contribution in [3.05, 3.63) is 0 Å². The van der Waals surface area contributed by atoms with Crippen LogP contribution in [-0.4, -0.2) is 32.2 Å². The number of hydrazine groups is 1. The van der Waals surface area contributed by atoms with Gasteiger partial charge in [0, 0.05) is 7.05 Å². The summed E-state index contributed by atoms with van der Waals surface area (Å²) < 4.78 is 23.5. The van der Waals surface area contributed by atoms with Gasteiger partial charge in [0.15, 0.2) is 0 Å². The summed E-state index contributed by atoms with van der Waals surface area (Å²) >= 11 is 0. The van der Waals surface area contributed by atoms with Crippen LogP contribution in [0.4, 0.5) is 0 Å². The zero-order chi connectivity index (χ0) is 7.78. The fraction of sp³-hybridized carbons (Fsp3) is 1.00. The predicted molar refractivity (Wildman–Crippen MR) is 38.8 cm³/mol. The second kappa shape index (κ2) is 2.48.